The van der Waals surface area contributed by atoms with Crippen LogP contribution in [0, 0.1) is 0 Å². The van der Waals surface area contributed by atoms with Crippen LogP contribution in [0.5, 0.6) is 0 Å². The maximum Gasteiger partial charge on any atom is 0.471 e. The van der Waals surface area contributed by atoms with Crippen molar-refractivity contribution in [1.29, 1.82) is 0 Å². The Morgan fingerprint density at radius 3 is 2.67 bits per heavy atom. The van der Waals surface area contributed by atoms with Gasteiger partial charge in [0.2, 0.25) is 0 Å². The first kappa shape index (κ1) is 10.4. The molecule has 1 aliphatic rings. The molecule has 1 atom stereocenters. The maximum absolute atomic E-state index is 12.2. The molecule has 0 spiro atoms. The van der Waals surface area contributed by atoms with Crippen LogP contribution in [0.4, 0.5) is 13.2 Å². The number of nitrogens with one attached hydrogen (secondary N) is 1. The van der Waals surface area contributed by atoms with Crippen LogP contribution in [0.3, 0.4) is 0 Å². The van der Waals surface area contributed by atoms with E-state index in [0.29, 0.717) is 6.42 Å². The highest BCUT2D eigenvalue weighted by Crippen LogP contribution is 2.32. The van der Waals surface area contributed by atoms with Gasteiger partial charge in [-0.15, -0.1) is 0 Å². The summed E-state index contributed by atoms with van der Waals surface area (Å²) >= 11 is 0. The number of halogens is 3. The van der Waals surface area contributed by atoms with Crippen LogP contribution in [-0.4, -0.2) is 16.7 Å². The average molecular weight is 221 g/mol. The molecular formula is C8H10F3N3O. The summed E-state index contributed by atoms with van der Waals surface area (Å²) in [5, 5.41) is 6.43. The number of rotatable bonds is 1. The van der Waals surface area contributed by atoms with E-state index in [-0.39, 0.29) is 5.82 Å². The van der Waals surface area contributed by atoms with E-state index in [0.717, 1.165) is 13.0 Å². The minimum Gasteiger partial charge on any atom is -0.329 e. The summed E-state index contributed by atoms with van der Waals surface area (Å²) in [5.41, 5.74) is -0.590. The molecule has 7 heteroatoms. The zero-order valence-corrected chi connectivity index (χ0v) is 8.06. The first-order valence-corrected chi connectivity index (χ1v) is 4.58. The first-order valence-electron chi connectivity index (χ1n) is 4.58. The predicted molar refractivity (Wildman–Crippen MR) is 43.9 cm³/mol. The lowest BCUT2D eigenvalue weighted by Crippen LogP contribution is -2.34. The van der Waals surface area contributed by atoms with Gasteiger partial charge in [-0.25, -0.2) is 0 Å². The van der Waals surface area contributed by atoms with Gasteiger partial charge in [-0.1, -0.05) is 5.16 Å². The summed E-state index contributed by atoms with van der Waals surface area (Å²) in [4.78, 5) is 3.37. The van der Waals surface area contributed by atoms with Gasteiger partial charge in [0.05, 0.1) is 5.54 Å². The Morgan fingerprint density at radius 1 is 1.47 bits per heavy atom. The normalized spacial score (nSPS) is 27.2. The van der Waals surface area contributed by atoms with Crippen LogP contribution in [0.25, 0.3) is 0 Å². The summed E-state index contributed by atoms with van der Waals surface area (Å²) in [6.45, 7) is 2.53. The van der Waals surface area contributed by atoms with Crippen LogP contribution < -0.4 is 5.32 Å². The molecule has 0 saturated carbocycles. The quantitative estimate of drug-likeness (QED) is 0.783. The van der Waals surface area contributed by atoms with Crippen molar-refractivity contribution in [3.8, 4) is 0 Å². The van der Waals surface area contributed by atoms with Gasteiger partial charge >= 0.3 is 12.1 Å². The van der Waals surface area contributed by atoms with Gasteiger partial charge in [-0.05, 0) is 26.3 Å². The smallest absolute Gasteiger partial charge is 0.329 e. The van der Waals surface area contributed by atoms with Gasteiger partial charge < -0.3 is 9.84 Å². The molecule has 1 fully saturated rings. The van der Waals surface area contributed by atoms with Gasteiger partial charge in [-0.2, -0.15) is 18.2 Å². The average Bonchev–Trinajstić information content (AvgIpc) is 2.69. The third-order valence-electron chi connectivity index (χ3n) is 2.53. The van der Waals surface area contributed by atoms with E-state index < -0.39 is 17.6 Å². The molecule has 2 heterocycles. The molecule has 1 N–H and O–H groups in total. The minimum atomic E-state index is -4.57. The lowest BCUT2D eigenvalue weighted by molar-refractivity contribution is -0.159. The van der Waals surface area contributed by atoms with E-state index in [9.17, 15) is 13.2 Å². The topological polar surface area (TPSA) is 51.0 Å². The summed E-state index contributed by atoms with van der Waals surface area (Å²) in [7, 11) is 0. The second-order valence-corrected chi connectivity index (χ2v) is 3.78. The molecular weight excluding hydrogens is 211 g/mol. The predicted octanol–water partition coefficient (Wildman–Crippen LogP) is 1.69. The van der Waals surface area contributed by atoms with E-state index in [1.165, 1.54) is 0 Å². The van der Waals surface area contributed by atoms with Crippen molar-refractivity contribution >= 4 is 0 Å². The number of hydrogen-bond acceptors (Lipinski definition) is 4. The largest absolute Gasteiger partial charge is 0.471 e. The molecule has 0 amide bonds. The third-order valence-corrected chi connectivity index (χ3v) is 2.53. The Hall–Kier alpha value is -1.11. The van der Waals surface area contributed by atoms with Crippen molar-refractivity contribution in [2.45, 2.75) is 31.5 Å². The number of hydrogen-bond donors (Lipinski definition) is 1. The van der Waals surface area contributed by atoms with E-state index >= 15 is 0 Å². The van der Waals surface area contributed by atoms with Gasteiger partial charge in [0.25, 0.3) is 0 Å². The molecule has 1 unspecified atom stereocenters. The molecule has 0 bridgehead atoms. The lowest BCUT2D eigenvalue weighted by atomic mass is 10.00. The van der Waals surface area contributed by atoms with Gasteiger partial charge in [0.1, 0.15) is 0 Å². The van der Waals surface area contributed by atoms with Crippen molar-refractivity contribution in [2.75, 3.05) is 6.54 Å². The molecule has 84 valence electrons. The van der Waals surface area contributed by atoms with Gasteiger partial charge in [0, 0.05) is 0 Å². The fourth-order valence-corrected chi connectivity index (χ4v) is 1.65. The van der Waals surface area contributed by atoms with Crippen LogP contribution in [0.1, 0.15) is 31.5 Å². The Balaban J connectivity index is 2.27. The number of alkyl halides is 3. The van der Waals surface area contributed by atoms with E-state index in [4.69, 9.17) is 0 Å². The second kappa shape index (κ2) is 3.19. The zero-order valence-electron chi connectivity index (χ0n) is 8.06. The summed E-state index contributed by atoms with van der Waals surface area (Å²) < 4.78 is 40.8. The minimum absolute atomic E-state index is 0.0762. The lowest BCUT2D eigenvalue weighted by Gasteiger charge is -2.18. The van der Waals surface area contributed by atoms with Crippen molar-refractivity contribution in [1.82, 2.24) is 15.5 Å². The molecule has 0 aliphatic carbocycles. The number of aromatic nitrogens is 2. The second-order valence-electron chi connectivity index (χ2n) is 3.78. The Bertz CT molecular complexity index is 354. The molecule has 1 saturated heterocycles. The molecule has 1 aromatic rings. The highest BCUT2D eigenvalue weighted by atomic mass is 19.4. The van der Waals surface area contributed by atoms with Crippen molar-refractivity contribution in [2.24, 2.45) is 0 Å². The van der Waals surface area contributed by atoms with Crippen LogP contribution in [0.2, 0.25) is 0 Å². The zero-order chi connectivity index (χ0) is 11.1. The molecule has 15 heavy (non-hydrogen) atoms. The fraction of sp³-hybridized carbons (Fsp3) is 0.750. The SMILES string of the molecule is CC1(c2noc(C(F)(F)F)n2)CCCN1. The van der Waals surface area contributed by atoms with Crippen molar-refractivity contribution in [3.63, 3.8) is 0 Å². The van der Waals surface area contributed by atoms with E-state index in [1.54, 1.807) is 6.92 Å². The molecule has 1 aromatic heterocycles. The fourth-order valence-electron chi connectivity index (χ4n) is 1.65. The Kier molecular flexibility index (Phi) is 2.22. The standard InChI is InChI=1S/C8H10F3N3O/c1-7(3-2-4-12-7)5-13-6(15-14-5)8(9,10)11/h12H,2-4H2,1H3. The Morgan fingerprint density at radius 2 is 2.20 bits per heavy atom. The first-order chi connectivity index (χ1) is 6.92. The maximum atomic E-state index is 12.2. The van der Waals surface area contributed by atoms with Crippen LogP contribution in [0.15, 0.2) is 4.52 Å². The highest BCUT2D eigenvalue weighted by molar-refractivity contribution is 5.06. The third kappa shape index (κ3) is 1.83. The van der Waals surface area contributed by atoms with Gasteiger partial charge in [0.15, 0.2) is 5.82 Å². The van der Waals surface area contributed by atoms with Crippen molar-refractivity contribution < 1.29 is 17.7 Å². The molecule has 2 rings (SSSR count). The van der Waals surface area contributed by atoms with Crippen LogP contribution in [-0.2, 0) is 11.7 Å². The molecule has 4 nitrogen and oxygen atoms in total. The highest BCUT2D eigenvalue weighted by Gasteiger charge is 2.42. The molecule has 0 radical (unpaired) electrons. The molecule has 1 aliphatic heterocycles. The summed E-state index contributed by atoms with van der Waals surface area (Å²) in [5.74, 6) is -1.21. The van der Waals surface area contributed by atoms with Crippen LogP contribution >= 0.6 is 0 Å². The van der Waals surface area contributed by atoms with Crippen molar-refractivity contribution in [3.05, 3.63) is 11.7 Å². The van der Waals surface area contributed by atoms with Gasteiger partial charge in [-0.3, -0.25) is 0 Å². The monoisotopic (exact) mass is 221 g/mol. The van der Waals surface area contributed by atoms with E-state index in [2.05, 4.69) is 20.0 Å². The summed E-state index contributed by atoms with van der Waals surface area (Å²) in [6, 6.07) is 0. The Labute approximate surface area is 83.8 Å². The summed E-state index contributed by atoms with van der Waals surface area (Å²) in [6.07, 6.45) is -2.96. The van der Waals surface area contributed by atoms with E-state index in [1.807, 2.05) is 0 Å². The number of nitrogens with zero attached hydrogens (tertiary/aromatic N) is 2. The molecule has 0 aromatic carbocycles.